The van der Waals surface area contributed by atoms with Gasteiger partial charge < -0.3 is 5.32 Å². The van der Waals surface area contributed by atoms with Crippen molar-refractivity contribution in [2.45, 2.75) is 19.4 Å². The summed E-state index contributed by atoms with van der Waals surface area (Å²) in [5.41, 5.74) is 3.30. The molecule has 2 rings (SSSR count). The van der Waals surface area contributed by atoms with Crippen LogP contribution in [0, 0.1) is 11.6 Å². The lowest BCUT2D eigenvalue weighted by molar-refractivity contribution is 0.530. The third kappa shape index (κ3) is 3.34. The molecule has 5 heteroatoms. The van der Waals surface area contributed by atoms with E-state index >= 15 is 0 Å². The smallest absolute Gasteiger partial charge is 0.126 e. The zero-order chi connectivity index (χ0) is 13.0. The topological polar surface area (TPSA) is 24.9 Å². The van der Waals surface area contributed by atoms with Gasteiger partial charge in [-0.25, -0.2) is 13.8 Å². The molecule has 1 heterocycles. The molecule has 1 atom stereocenters. The molecule has 0 aliphatic heterocycles. The average molecular weight is 268 g/mol. The molecular weight excluding hydrogens is 254 g/mol. The maximum absolute atomic E-state index is 13.1. The van der Waals surface area contributed by atoms with E-state index < -0.39 is 11.6 Å². The Morgan fingerprint density at radius 3 is 2.56 bits per heavy atom. The highest BCUT2D eigenvalue weighted by Gasteiger charge is 2.14. The average Bonchev–Trinajstić information content (AvgIpc) is 2.80. The zero-order valence-corrected chi connectivity index (χ0v) is 10.8. The Balaban J connectivity index is 2.18. The van der Waals surface area contributed by atoms with Crippen molar-refractivity contribution in [1.29, 1.82) is 0 Å². The molecule has 0 saturated heterocycles. The standard InChI is InChI=1S/C13H14F2N2S/c1-2-16-12(13-7-18-8-17-13)5-9-3-10(14)6-11(15)4-9/h3-4,6-8,12,16H,2,5H2,1H3. The van der Waals surface area contributed by atoms with Crippen molar-refractivity contribution in [2.24, 2.45) is 0 Å². The molecule has 1 aromatic carbocycles. The van der Waals surface area contributed by atoms with Gasteiger partial charge in [0.25, 0.3) is 0 Å². The first-order valence-electron chi connectivity index (χ1n) is 5.75. The molecule has 0 aliphatic carbocycles. The number of likely N-dealkylation sites (N-methyl/N-ethyl adjacent to an activating group) is 1. The number of halogens is 2. The van der Waals surface area contributed by atoms with Crippen LogP contribution in [0.2, 0.25) is 0 Å². The summed E-state index contributed by atoms with van der Waals surface area (Å²) in [5.74, 6) is -1.09. The largest absolute Gasteiger partial charge is 0.309 e. The first kappa shape index (κ1) is 13.1. The quantitative estimate of drug-likeness (QED) is 0.900. The number of nitrogens with zero attached hydrogens (tertiary/aromatic N) is 1. The van der Waals surface area contributed by atoms with Crippen LogP contribution in [0.3, 0.4) is 0 Å². The van der Waals surface area contributed by atoms with Gasteiger partial charge in [-0.05, 0) is 30.7 Å². The summed E-state index contributed by atoms with van der Waals surface area (Å²) in [4.78, 5) is 4.24. The highest BCUT2D eigenvalue weighted by molar-refractivity contribution is 7.07. The van der Waals surface area contributed by atoms with Crippen LogP contribution in [-0.2, 0) is 6.42 Å². The predicted molar refractivity (Wildman–Crippen MR) is 68.6 cm³/mol. The van der Waals surface area contributed by atoms with Crippen LogP contribution >= 0.6 is 11.3 Å². The van der Waals surface area contributed by atoms with Gasteiger partial charge in [0.05, 0.1) is 17.2 Å². The second kappa shape index (κ2) is 6.02. The van der Waals surface area contributed by atoms with Crippen molar-refractivity contribution in [3.05, 3.63) is 52.0 Å². The molecule has 96 valence electrons. The van der Waals surface area contributed by atoms with Crippen LogP contribution < -0.4 is 5.32 Å². The fourth-order valence-corrected chi connectivity index (χ4v) is 2.49. The fourth-order valence-electron chi connectivity index (χ4n) is 1.89. The third-order valence-corrected chi connectivity index (χ3v) is 3.23. The Kier molecular flexibility index (Phi) is 4.38. The van der Waals surface area contributed by atoms with Crippen molar-refractivity contribution in [3.8, 4) is 0 Å². The molecule has 0 amide bonds. The van der Waals surface area contributed by atoms with Gasteiger partial charge in [0.1, 0.15) is 11.6 Å². The second-order valence-electron chi connectivity index (χ2n) is 4.01. The first-order chi connectivity index (χ1) is 8.69. The van der Waals surface area contributed by atoms with Crippen molar-refractivity contribution in [3.63, 3.8) is 0 Å². The van der Waals surface area contributed by atoms with Gasteiger partial charge in [-0.3, -0.25) is 0 Å². The van der Waals surface area contributed by atoms with E-state index in [1.54, 1.807) is 5.51 Å². The molecule has 0 radical (unpaired) electrons. The highest BCUT2D eigenvalue weighted by atomic mass is 32.1. The molecule has 0 aliphatic rings. The first-order valence-corrected chi connectivity index (χ1v) is 6.69. The molecule has 0 spiro atoms. The summed E-state index contributed by atoms with van der Waals surface area (Å²) >= 11 is 1.51. The summed E-state index contributed by atoms with van der Waals surface area (Å²) in [6, 6.07) is 3.59. The number of benzene rings is 1. The lowest BCUT2D eigenvalue weighted by atomic mass is 10.0. The SMILES string of the molecule is CCNC(Cc1cc(F)cc(F)c1)c1cscn1. The van der Waals surface area contributed by atoms with Crippen LogP contribution in [0.25, 0.3) is 0 Å². The Morgan fingerprint density at radius 2 is 2.00 bits per heavy atom. The number of hydrogen-bond donors (Lipinski definition) is 1. The minimum atomic E-state index is -0.543. The van der Waals surface area contributed by atoms with Gasteiger partial charge in [-0.15, -0.1) is 11.3 Å². The van der Waals surface area contributed by atoms with Crippen LogP contribution in [0.15, 0.2) is 29.1 Å². The van der Waals surface area contributed by atoms with Crippen LogP contribution in [-0.4, -0.2) is 11.5 Å². The molecule has 0 saturated carbocycles. The van der Waals surface area contributed by atoms with E-state index in [9.17, 15) is 8.78 Å². The highest BCUT2D eigenvalue weighted by Crippen LogP contribution is 2.19. The monoisotopic (exact) mass is 268 g/mol. The zero-order valence-electron chi connectivity index (χ0n) is 9.99. The Labute approximate surface area is 109 Å². The summed E-state index contributed by atoms with van der Waals surface area (Å²) < 4.78 is 26.3. The van der Waals surface area contributed by atoms with Crippen molar-refractivity contribution < 1.29 is 8.78 Å². The summed E-state index contributed by atoms with van der Waals surface area (Å²) in [6.07, 6.45) is 0.520. The van der Waals surface area contributed by atoms with Gasteiger partial charge >= 0.3 is 0 Å². The Morgan fingerprint density at radius 1 is 1.28 bits per heavy atom. The van der Waals surface area contributed by atoms with Gasteiger partial charge in [0.15, 0.2) is 0 Å². The van der Waals surface area contributed by atoms with E-state index in [1.807, 2.05) is 12.3 Å². The van der Waals surface area contributed by atoms with Crippen molar-refractivity contribution in [1.82, 2.24) is 10.3 Å². The number of aromatic nitrogens is 1. The predicted octanol–water partition coefficient (Wildman–Crippen LogP) is 3.31. The lowest BCUT2D eigenvalue weighted by Crippen LogP contribution is -2.23. The molecular formula is C13H14F2N2S. The van der Waals surface area contributed by atoms with Crippen molar-refractivity contribution >= 4 is 11.3 Å². The minimum absolute atomic E-state index is 0.0116. The van der Waals surface area contributed by atoms with E-state index in [2.05, 4.69) is 10.3 Å². The summed E-state index contributed by atoms with van der Waals surface area (Å²) in [7, 11) is 0. The fraction of sp³-hybridized carbons (Fsp3) is 0.308. The molecule has 18 heavy (non-hydrogen) atoms. The Hall–Kier alpha value is -1.33. The summed E-state index contributed by atoms with van der Waals surface area (Å²) in [6.45, 7) is 2.77. The van der Waals surface area contributed by atoms with E-state index in [0.29, 0.717) is 12.0 Å². The number of rotatable bonds is 5. The van der Waals surface area contributed by atoms with E-state index in [-0.39, 0.29) is 6.04 Å². The van der Waals surface area contributed by atoms with Crippen LogP contribution in [0.4, 0.5) is 8.78 Å². The van der Waals surface area contributed by atoms with Crippen LogP contribution in [0.5, 0.6) is 0 Å². The van der Waals surface area contributed by atoms with Crippen molar-refractivity contribution in [2.75, 3.05) is 6.54 Å². The summed E-state index contributed by atoms with van der Waals surface area (Å²) in [5, 5.41) is 5.22. The maximum Gasteiger partial charge on any atom is 0.126 e. The van der Waals surface area contributed by atoms with Crippen LogP contribution in [0.1, 0.15) is 24.2 Å². The minimum Gasteiger partial charge on any atom is -0.309 e. The lowest BCUT2D eigenvalue weighted by Gasteiger charge is -2.15. The molecule has 2 aromatic rings. The number of thiazole rings is 1. The van der Waals surface area contributed by atoms with Gasteiger partial charge in [-0.1, -0.05) is 6.92 Å². The van der Waals surface area contributed by atoms with E-state index in [1.165, 1.54) is 23.5 Å². The third-order valence-electron chi connectivity index (χ3n) is 2.62. The molecule has 0 bridgehead atoms. The second-order valence-corrected chi connectivity index (χ2v) is 4.72. The number of hydrogen-bond acceptors (Lipinski definition) is 3. The molecule has 1 unspecified atom stereocenters. The molecule has 0 fully saturated rings. The van der Waals surface area contributed by atoms with E-state index in [4.69, 9.17) is 0 Å². The van der Waals surface area contributed by atoms with E-state index in [0.717, 1.165) is 18.3 Å². The Bertz CT molecular complexity index is 479. The molecule has 2 nitrogen and oxygen atoms in total. The van der Waals surface area contributed by atoms with Gasteiger partial charge in [0.2, 0.25) is 0 Å². The molecule has 1 aromatic heterocycles. The van der Waals surface area contributed by atoms with Gasteiger partial charge in [-0.2, -0.15) is 0 Å². The number of nitrogens with one attached hydrogen (secondary N) is 1. The normalized spacial score (nSPS) is 12.6. The molecule has 1 N–H and O–H groups in total. The van der Waals surface area contributed by atoms with Gasteiger partial charge in [0, 0.05) is 11.4 Å². The maximum atomic E-state index is 13.1.